The number of hydrogen-bond donors (Lipinski definition) is 2. The van der Waals surface area contributed by atoms with Crippen molar-refractivity contribution in [1.29, 1.82) is 0 Å². The summed E-state index contributed by atoms with van der Waals surface area (Å²) in [5.74, 6) is 1.87. The zero-order valence-electron chi connectivity index (χ0n) is 25.3. The number of terminal acetylenes is 1. The number of benzene rings is 2. The standard InChI is InChI=1S/C33H34F2N6O4S/c1-3-24-26(35)8-5-19-11-23(42)12-25(29(19)24)28-13-27-30(46(43,44)39(28)2)31(40-16-21-6-7-22(17-40)36-21)38-32(37-27)45-18-33-9-4-10-41(33)15-20(34)14-33/h1,5,8,11-13,20-22,36,42H,4,6-7,9-10,14-18H2,2H3/t20?,21?,22?,33-/m0/s1. The van der Waals surface area contributed by atoms with E-state index in [1.807, 2.05) is 4.90 Å². The van der Waals surface area contributed by atoms with Gasteiger partial charge >= 0.3 is 6.01 Å². The van der Waals surface area contributed by atoms with Crippen LogP contribution in [0.15, 0.2) is 29.2 Å². The normalized spacial score (nSPS) is 28.2. The molecule has 4 saturated heterocycles. The maximum Gasteiger partial charge on any atom is 0.319 e. The van der Waals surface area contributed by atoms with Gasteiger partial charge in [0.25, 0.3) is 10.0 Å². The number of ether oxygens (including phenoxy) is 1. The van der Waals surface area contributed by atoms with Gasteiger partial charge < -0.3 is 20.1 Å². The van der Waals surface area contributed by atoms with Gasteiger partial charge in [0.05, 0.1) is 22.5 Å². The molecule has 10 nitrogen and oxygen atoms in total. The minimum absolute atomic E-state index is 0.00893. The molecule has 6 heterocycles. The third-order valence-electron chi connectivity index (χ3n) is 10.3. The fourth-order valence-corrected chi connectivity index (χ4v) is 9.64. The van der Waals surface area contributed by atoms with E-state index in [-0.39, 0.29) is 63.7 Å². The molecule has 0 spiro atoms. The number of nitrogens with one attached hydrogen (secondary N) is 1. The molecule has 5 aliphatic rings. The van der Waals surface area contributed by atoms with Crippen molar-refractivity contribution in [1.82, 2.24) is 24.5 Å². The molecular formula is C33H34F2N6O4S. The average Bonchev–Trinajstić information content (AvgIpc) is 3.67. The third-order valence-corrected chi connectivity index (χ3v) is 12.1. The van der Waals surface area contributed by atoms with E-state index in [0.717, 1.165) is 36.5 Å². The number of phenols is 1. The van der Waals surface area contributed by atoms with Gasteiger partial charge in [-0.15, -0.1) is 6.42 Å². The van der Waals surface area contributed by atoms with Crippen LogP contribution in [0.3, 0.4) is 0 Å². The number of rotatable bonds is 5. The maximum absolute atomic E-state index is 14.9. The molecule has 0 saturated carbocycles. The van der Waals surface area contributed by atoms with E-state index in [9.17, 15) is 22.3 Å². The number of sulfonamides is 1. The number of nitrogens with zero attached hydrogens (tertiary/aromatic N) is 5. The van der Waals surface area contributed by atoms with E-state index >= 15 is 0 Å². The summed E-state index contributed by atoms with van der Waals surface area (Å²) in [6.07, 6.45) is 10.5. The highest BCUT2D eigenvalue weighted by atomic mass is 32.2. The fourth-order valence-electron chi connectivity index (χ4n) is 8.18. The van der Waals surface area contributed by atoms with E-state index in [1.165, 1.54) is 31.3 Å². The zero-order chi connectivity index (χ0) is 32.0. The lowest BCUT2D eigenvalue weighted by Crippen LogP contribution is -2.52. The van der Waals surface area contributed by atoms with Crippen molar-refractivity contribution >= 4 is 38.4 Å². The second-order valence-electron chi connectivity index (χ2n) is 13.1. The summed E-state index contributed by atoms with van der Waals surface area (Å²) in [5.41, 5.74) is 0.0169. The molecule has 2 aromatic carbocycles. The van der Waals surface area contributed by atoms with Gasteiger partial charge in [0, 0.05) is 56.1 Å². The molecule has 2 bridgehead atoms. The number of anilines is 1. The molecule has 4 fully saturated rings. The number of phenolic OH excluding ortho intramolecular Hbond substituents is 1. The molecule has 3 aromatic rings. The lowest BCUT2D eigenvalue weighted by Gasteiger charge is -2.37. The second kappa shape index (κ2) is 10.5. The van der Waals surface area contributed by atoms with E-state index in [2.05, 4.69) is 21.1 Å². The Hall–Kier alpha value is -3.99. The van der Waals surface area contributed by atoms with Gasteiger partial charge in [0.1, 0.15) is 24.3 Å². The quantitative estimate of drug-likeness (QED) is 0.402. The van der Waals surface area contributed by atoms with E-state index in [0.29, 0.717) is 36.8 Å². The first-order chi connectivity index (χ1) is 22.1. The first kappa shape index (κ1) is 29.4. The topological polar surface area (TPSA) is 111 Å². The molecular weight excluding hydrogens is 614 g/mol. The van der Waals surface area contributed by atoms with Crippen LogP contribution >= 0.6 is 0 Å². The lowest BCUT2D eigenvalue weighted by atomic mass is 9.95. The molecule has 13 heteroatoms. The molecule has 2 N–H and O–H groups in total. The van der Waals surface area contributed by atoms with E-state index in [1.54, 1.807) is 6.08 Å². The molecule has 46 heavy (non-hydrogen) atoms. The van der Waals surface area contributed by atoms with Crippen molar-refractivity contribution < 1.29 is 27.0 Å². The minimum atomic E-state index is -4.26. The molecule has 0 radical (unpaired) electrons. The molecule has 3 unspecified atom stereocenters. The molecule has 4 atom stereocenters. The van der Waals surface area contributed by atoms with Crippen LogP contribution in [0.1, 0.15) is 48.9 Å². The Bertz CT molecular complexity index is 1950. The second-order valence-corrected chi connectivity index (χ2v) is 15.0. The fraction of sp³-hybridized carbons (Fsp3) is 0.455. The molecule has 8 rings (SSSR count). The van der Waals surface area contributed by atoms with Crippen molar-refractivity contribution in [3.05, 3.63) is 46.9 Å². The van der Waals surface area contributed by atoms with Gasteiger partial charge in [-0.2, -0.15) is 9.97 Å². The predicted molar refractivity (Wildman–Crippen MR) is 169 cm³/mol. The first-order valence-corrected chi connectivity index (χ1v) is 17.1. The van der Waals surface area contributed by atoms with Crippen LogP contribution in [0, 0.1) is 18.2 Å². The van der Waals surface area contributed by atoms with Crippen LogP contribution in [0.5, 0.6) is 11.8 Å². The third kappa shape index (κ3) is 4.52. The first-order valence-electron chi connectivity index (χ1n) is 15.6. The number of alkyl halides is 1. The monoisotopic (exact) mass is 648 g/mol. The maximum atomic E-state index is 14.9. The number of piperazine rings is 1. The number of fused-ring (bicyclic) bond motifs is 5. The summed E-state index contributed by atoms with van der Waals surface area (Å²) in [6, 6.07) is 5.94. The number of aromatic nitrogens is 2. The summed E-state index contributed by atoms with van der Waals surface area (Å²) < 4.78 is 65.7. The van der Waals surface area contributed by atoms with Gasteiger partial charge in [-0.25, -0.2) is 17.2 Å². The van der Waals surface area contributed by atoms with Crippen LogP contribution in [0.4, 0.5) is 14.6 Å². The predicted octanol–water partition coefficient (Wildman–Crippen LogP) is 3.48. The minimum Gasteiger partial charge on any atom is -0.508 e. The Kier molecular flexibility index (Phi) is 6.72. The Morgan fingerprint density at radius 2 is 1.98 bits per heavy atom. The SMILES string of the molecule is C#Cc1c(F)ccc2cc(O)cc(C3=Cc4nc(OC[C@@]56CCCN5CC(F)C6)nc(N5CC6CCC(C5)N6)c4S(=O)(=O)N3C)c12. The summed E-state index contributed by atoms with van der Waals surface area (Å²) in [5, 5.41) is 15.0. The number of halogens is 2. The molecule has 0 amide bonds. The molecule has 240 valence electrons. The summed E-state index contributed by atoms with van der Waals surface area (Å²) >= 11 is 0. The van der Waals surface area contributed by atoms with Crippen molar-refractivity contribution in [3.63, 3.8) is 0 Å². The van der Waals surface area contributed by atoms with Crippen molar-refractivity contribution in [3.8, 4) is 24.1 Å². The highest BCUT2D eigenvalue weighted by Gasteiger charge is 2.50. The Balaban J connectivity index is 1.30. The molecule has 5 aliphatic heterocycles. The summed E-state index contributed by atoms with van der Waals surface area (Å²) in [6.45, 7) is 2.50. The van der Waals surface area contributed by atoms with Crippen LogP contribution in [0.2, 0.25) is 0 Å². The van der Waals surface area contributed by atoms with Crippen molar-refractivity contribution in [2.24, 2.45) is 0 Å². The molecule has 1 aromatic heterocycles. The van der Waals surface area contributed by atoms with Gasteiger partial charge in [0.2, 0.25) is 0 Å². The Labute approximate surface area is 266 Å². The summed E-state index contributed by atoms with van der Waals surface area (Å²) in [4.78, 5) is 13.4. The van der Waals surface area contributed by atoms with E-state index < -0.39 is 27.6 Å². The zero-order valence-corrected chi connectivity index (χ0v) is 26.2. The Morgan fingerprint density at radius 1 is 1.20 bits per heavy atom. The highest BCUT2D eigenvalue weighted by molar-refractivity contribution is 7.89. The van der Waals surface area contributed by atoms with Crippen LogP contribution in [-0.4, -0.2) is 96.3 Å². The van der Waals surface area contributed by atoms with Crippen molar-refractivity contribution in [2.75, 3.05) is 44.7 Å². The lowest BCUT2D eigenvalue weighted by molar-refractivity contribution is 0.107. The molecule has 0 aliphatic carbocycles. The summed E-state index contributed by atoms with van der Waals surface area (Å²) in [7, 11) is -2.85. The average molecular weight is 649 g/mol. The van der Waals surface area contributed by atoms with Gasteiger partial charge in [-0.05, 0) is 61.9 Å². The number of aromatic hydroxyl groups is 1. The van der Waals surface area contributed by atoms with Crippen LogP contribution < -0.4 is 15.0 Å². The van der Waals surface area contributed by atoms with Gasteiger partial charge in [-0.3, -0.25) is 9.21 Å². The smallest absolute Gasteiger partial charge is 0.319 e. The number of hydrogen-bond acceptors (Lipinski definition) is 9. The Morgan fingerprint density at radius 3 is 2.74 bits per heavy atom. The largest absolute Gasteiger partial charge is 0.508 e. The highest BCUT2D eigenvalue weighted by Crippen LogP contribution is 2.44. The van der Waals surface area contributed by atoms with Crippen molar-refractivity contribution in [2.45, 2.75) is 60.8 Å². The van der Waals surface area contributed by atoms with Crippen LogP contribution in [0.25, 0.3) is 22.5 Å². The van der Waals surface area contributed by atoms with Gasteiger partial charge in [-0.1, -0.05) is 12.0 Å². The van der Waals surface area contributed by atoms with E-state index in [4.69, 9.17) is 16.1 Å². The van der Waals surface area contributed by atoms with Crippen LogP contribution in [-0.2, 0) is 10.0 Å². The van der Waals surface area contributed by atoms with Gasteiger partial charge in [0.15, 0.2) is 10.7 Å².